The lowest BCUT2D eigenvalue weighted by Crippen LogP contribution is -2.45. The number of hydrogen-bond donors (Lipinski definition) is 3. The Balaban J connectivity index is 3.39. The molecule has 6 heteroatoms. The van der Waals surface area contributed by atoms with E-state index in [9.17, 15) is 19.8 Å². The molecule has 0 aliphatic carbocycles. The lowest BCUT2D eigenvalue weighted by atomic mass is 10.0. The minimum Gasteiger partial charge on any atom is -0.466 e. The largest absolute Gasteiger partial charge is 0.466 e. The molecule has 0 rings (SSSR count). The van der Waals surface area contributed by atoms with E-state index in [2.05, 4.69) is 43.5 Å². The Bertz CT molecular complexity index is 1010. The molecule has 0 aromatic heterocycles. The van der Waals surface area contributed by atoms with Crippen LogP contribution in [0.15, 0.2) is 36.5 Å². The van der Waals surface area contributed by atoms with Crippen LogP contribution in [-0.4, -0.2) is 47.4 Å². The molecule has 0 spiro atoms. The predicted octanol–water partition coefficient (Wildman–Crippen LogP) is 16.5. The summed E-state index contributed by atoms with van der Waals surface area (Å²) >= 11 is 0. The fourth-order valence-corrected chi connectivity index (χ4v) is 8.19. The van der Waals surface area contributed by atoms with Crippen LogP contribution >= 0.6 is 0 Å². The van der Waals surface area contributed by atoms with Gasteiger partial charge in [0.05, 0.1) is 25.4 Å². The maximum Gasteiger partial charge on any atom is 0.305 e. The van der Waals surface area contributed by atoms with Gasteiger partial charge in [0.2, 0.25) is 5.91 Å². The molecule has 0 radical (unpaired) electrons. The molecule has 0 bridgehead atoms. The zero-order valence-corrected chi connectivity index (χ0v) is 41.4. The molecule has 2 atom stereocenters. The lowest BCUT2D eigenvalue weighted by molar-refractivity contribution is -0.143. The van der Waals surface area contributed by atoms with Gasteiger partial charge in [-0.2, -0.15) is 0 Å². The van der Waals surface area contributed by atoms with Crippen LogP contribution in [0.1, 0.15) is 284 Å². The topological polar surface area (TPSA) is 95.9 Å². The molecule has 0 aromatic carbocycles. The summed E-state index contributed by atoms with van der Waals surface area (Å²) < 4.78 is 5.48. The normalized spacial score (nSPS) is 12.9. The van der Waals surface area contributed by atoms with E-state index < -0.39 is 12.1 Å². The number of ether oxygens (including phenoxy) is 1. The van der Waals surface area contributed by atoms with Crippen molar-refractivity contribution < 1.29 is 24.5 Å². The first-order chi connectivity index (χ1) is 30.5. The summed E-state index contributed by atoms with van der Waals surface area (Å²) in [6, 6.07) is -0.630. The molecule has 0 aromatic rings. The standard InChI is InChI=1S/C56H105NO5/c1-3-5-7-9-11-13-14-15-16-17-18-21-24-27-30-34-38-42-46-50-56(61)62-51-47-43-39-35-31-28-25-22-19-20-23-26-29-33-37-41-45-49-55(60)57-53(52-58)54(59)48-44-40-36-32-12-10-8-6-4-2/h11,13,15-16,44,48,53-54,58-59H,3-10,12,14,17-43,45-47,49-52H2,1-2H3,(H,57,60)/b13-11-,16-15-,48-44+. The lowest BCUT2D eigenvalue weighted by Gasteiger charge is -2.20. The highest BCUT2D eigenvalue weighted by Gasteiger charge is 2.18. The van der Waals surface area contributed by atoms with Crippen LogP contribution in [0.4, 0.5) is 0 Å². The minimum absolute atomic E-state index is 0.0000124. The highest BCUT2D eigenvalue weighted by Crippen LogP contribution is 2.16. The summed E-state index contributed by atoms with van der Waals surface area (Å²) in [5.74, 6) is -0.0765. The highest BCUT2D eigenvalue weighted by molar-refractivity contribution is 5.76. The van der Waals surface area contributed by atoms with Gasteiger partial charge in [0, 0.05) is 12.8 Å². The van der Waals surface area contributed by atoms with Gasteiger partial charge >= 0.3 is 5.97 Å². The number of amides is 1. The fraction of sp³-hybridized carbons (Fsp3) is 0.857. The molecule has 6 nitrogen and oxygen atoms in total. The van der Waals surface area contributed by atoms with Gasteiger partial charge in [-0.15, -0.1) is 0 Å². The van der Waals surface area contributed by atoms with Crippen molar-refractivity contribution in [2.75, 3.05) is 13.2 Å². The van der Waals surface area contributed by atoms with Crippen LogP contribution in [0, 0.1) is 0 Å². The van der Waals surface area contributed by atoms with Crippen molar-refractivity contribution in [2.45, 2.75) is 296 Å². The van der Waals surface area contributed by atoms with E-state index in [1.807, 2.05) is 6.08 Å². The molecule has 0 saturated carbocycles. The van der Waals surface area contributed by atoms with E-state index in [-0.39, 0.29) is 18.5 Å². The first-order valence-electron chi connectivity index (χ1n) is 27.3. The quantitative estimate of drug-likeness (QED) is 0.0321. The van der Waals surface area contributed by atoms with E-state index >= 15 is 0 Å². The predicted molar refractivity (Wildman–Crippen MR) is 269 cm³/mol. The number of aliphatic hydroxyl groups is 2. The highest BCUT2D eigenvalue weighted by atomic mass is 16.5. The van der Waals surface area contributed by atoms with E-state index in [0.29, 0.717) is 19.4 Å². The first-order valence-corrected chi connectivity index (χ1v) is 27.3. The van der Waals surface area contributed by atoms with Crippen molar-refractivity contribution in [3.8, 4) is 0 Å². The first kappa shape index (κ1) is 60.1. The third-order valence-corrected chi connectivity index (χ3v) is 12.4. The van der Waals surface area contributed by atoms with Crippen molar-refractivity contribution in [3.63, 3.8) is 0 Å². The number of rotatable bonds is 50. The van der Waals surface area contributed by atoms with Crippen LogP contribution in [0.2, 0.25) is 0 Å². The Morgan fingerprint density at radius 2 is 0.806 bits per heavy atom. The molecule has 2 unspecified atom stereocenters. The van der Waals surface area contributed by atoms with Gasteiger partial charge in [-0.3, -0.25) is 9.59 Å². The molecule has 1 amide bonds. The van der Waals surface area contributed by atoms with Crippen molar-refractivity contribution in [1.29, 1.82) is 0 Å². The molecular weight excluding hydrogens is 767 g/mol. The number of nitrogens with one attached hydrogen (secondary N) is 1. The van der Waals surface area contributed by atoms with Gasteiger partial charge in [0.1, 0.15) is 0 Å². The van der Waals surface area contributed by atoms with Crippen LogP contribution in [0.3, 0.4) is 0 Å². The van der Waals surface area contributed by atoms with Gasteiger partial charge in [-0.05, 0) is 64.2 Å². The molecule has 62 heavy (non-hydrogen) atoms. The van der Waals surface area contributed by atoms with Crippen molar-refractivity contribution >= 4 is 11.9 Å². The molecule has 364 valence electrons. The minimum atomic E-state index is -0.846. The van der Waals surface area contributed by atoms with E-state index in [0.717, 1.165) is 51.4 Å². The second kappa shape index (κ2) is 51.7. The van der Waals surface area contributed by atoms with Gasteiger partial charge in [-0.25, -0.2) is 0 Å². The molecular formula is C56H105NO5. The second-order valence-corrected chi connectivity index (χ2v) is 18.6. The summed E-state index contributed by atoms with van der Waals surface area (Å²) in [6.45, 7) is 4.84. The second-order valence-electron chi connectivity index (χ2n) is 18.6. The third kappa shape index (κ3) is 47.6. The van der Waals surface area contributed by atoms with Gasteiger partial charge in [0.15, 0.2) is 0 Å². The Kier molecular flexibility index (Phi) is 50.1. The number of carbonyl (C=O) groups is 2. The van der Waals surface area contributed by atoms with Crippen LogP contribution in [0.25, 0.3) is 0 Å². The third-order valence-electron chi connectivity index (χ3n) is 12.4. The zero-order valence-electron chi connectivity index (χ0n) is 41.4. The summed E-state index contributed by atoms with van der Waals surface area (Å²) in [4.78, 5) is 24.4. The Morgan fingerprint density at radius 3 is 1.26 bits per heavy atom. The fourth-order valence-electron chi connectivity index (χ4n) is 8.19. The maximum absolute atomic E-state index is 12.4. The van der Waals surface area contributed by atoms with Crippen molar-refractivity contribution in [3.05, 3.63) is 36.5 Å². The van der Waals surface area contributed by atoms with E-state index in [4.69, 9.17) is 4.74 Å². The molecule has 0 saturated heterocycles. The van der Waals surface area contributed by atoms with Crippen LogP contribution in [0.5, 0.6) is 0 Å². The average molecular weight is 872 g/mol. The summed E-state index contributed by atoms with van der Waals surface area (Å²) in [7, 11) is 0. The van der Waals surface area contributed by atoms with Gasteiger partial charge < -0.3 is 20.3 Å². The Hall–Kier alpha value is -1.92. The van der Waals surface area contributed by atoms with Crippen molar-refractivity contribution in [2.24, 2.45) is 0 Å². The van der Waals surface area contributed by atoms with Crippen LogP contribution < -0.4 is 5.32 Å². The number of unbranched alkanes of at least 4 members (excludes halogenated alkanes) is 35. The number of allylic oxidation sites excluding steroid dienone is 5. The summed E-state index contributed by atoms with van der Waals surface area (Å²) in [5.41, 5.74) is 0. The molecule has 0 aliphatic heterocycles. The average Bonchev–Trinajstić information content (AvgIpc) is 3.27. The zero-order chi connectivity index (χ0) is 45.1. The SMILES string of the molecule is CCCCC/C=C\C/C=C\CCCCCCCCCCCC(=O)OCCCCCCCCCCCCCCCCCCCC(=O)NC(CO)C(O)/C=C/CCCCCCCCC. The Labute approximate surface area is 385 Å². The van der Waals surface area contributed by atoms with Crippen LogP contribution in [-0.2, 0) is 14.3 Å². The van der Waals surface area contributed by atoms with E-state index in [1.54, 1.807) is 6.08 Å². The molecule has 3 N–H and O–H groups in total. The number of carbonyl (C=O) groups excluding carboxylic acids is 2. The van der Waals surface area contributed by atoms with Crippen molar-refractivity contribution in [1.82, 2.24) is 5.32 Å². The molecule has 0 heterocycles. The summed E-state index contributed by atoms with van der Waals surface area (Å²) in [5, 5.41) is 22.9. The smallest absolute Gasteiger partial charge is 0.305 e. The molecule has 0 aliphatic rings. The molecule has 0 fully saturated rings. The number of esters is 1. The monoisotopic (exact) mass is 872 g/mol. The maximum atomic E-state index is 12.4. The summed E-state index contributed by atoms with van der Waals surface area (Å²) in [6.07, 6.45) is 63.0. The number of aliphatic hydroxyl groups excluding tert-OH is 2. The van der Waals surface area contributed by atoms with Gasteiger partial charge in [0.25, 0.3) is 0 Å². The van der Waals surface area contributed by atoms with E-state index in [1.165, 1.54) is 205 Å². The number of hydrogen-bond acceptors (Lipinski definition) is 5. The van der Waals surface area contributed by atoms with Gasteiger partial charge in [-0.1, -0.05) is 243 Å². The Morgan fingerprint density at radius 1 is 0.452 bits per heavy atom.